The third kappa shape index (κ3) is 3.83. The first-order chi connectivity index (χ1) is 10.7. The SMILES string of the molecule is Cc1ccc(C(=O)N2CCNCC2c2cccnc2)cc1Cl.Cl. The van der Waals surface area contributed by atoms with E-state index >= 15 is 0 Å². The van der Waals surface area contributed by atoms with Crippen molar-refractivity contribution in [2.24, 2.45) is 0 Å². The third-order valence-corrected chi connectivity index (χ3v) is 4.40. The molecule has 1 aromatic carbocycles. The van der Waals surface area contributed by atoms with Gasteiger partial charge < -0.3 is 10.2 Å². The minimum absolute atomic E-state index is 0. The number of benzene rings is 1. The summed E-state index contributed by atoms with van der Waals surface area (Å²) < 4.78 is 0. The molecule has 0 spiro atoms. The van der Waals surface area contributed by atoms with Gasteiger partial charge in [0.05, 0.1) is 6.04 Å². The maximum atomic E-state index is 12.9. The Kier molecular flexibility index (Phi) is 5.99. The van der Waals surface area contributed by atoms with E-state index in [1.165, 1.54) is 0 Å². The van der Waals surface area contributed by atoms with Crippen LogP contribution in [0, 0.1) is 6.92 Å². The highest BCUT2D eigenvalue weighted by molar-refractivity contribution is 6.31. The lowest BCUT2D eigenvalue weighted by molar-refractivity contribution is 0.0634. The fourth-order valence-electron chi connectivity index (χ4n) is 2.71. The van der Waals surface area contributed by atoms with Gasteiger partial charge in [0, 0.05) is 42.6 Å². The Bertz CT molecular complexity index is 679. The van der Waals surface area contributed by atoms with Crippen LogP contribution in [0.15, 0.2) is 42.7 Å². The van der Waals surface area contributed by atoms with Crippen molar-refractivity contribution in [3.05, 3.63) is 64.4 Å². The van der Waals surface area contributed by atoms with E-state index in [0.29, 0.717) is 17.1 Å². The molecule has 2 heterocycles. The molecule has 4 nitrogen and oxygen atoms in total. The summed E-state index contributed by atoms with van der Waals surface area (Å²) in [4.78, 5) is 18.9. The predicted molar refractivity (Wildman–Crippen MR) is 94.3 cm³/mol. The molecule has 0 bridgehead atoms. The molecule has 1 N–H and O–H groups in total. The molecule has 1 fully saturated rings. The molecule has 6 heteroatoms. The number of nitrogens with one attached hydrogen (secondary N) is 1. The van der Waals surface area contributed by atoms with Crippen molar-refractivity contribution in [1.29, 1.82) is 0 Å². The zero-order chi connectivity index (χ0) is 15.5. The van der Waals surface area contributed by atoms with Gasteiger partial charge in [-0.05, 0) is 36.2 Å². The van der Waals surface area contributed by atoms with Crippen LogP contribution in [0.4, 0.5) is 0 Å². The molecule has 3 rings (SSSR count). The number of hydrogen-bond acceptors (Lipinski definition) is 3. The quantitative estimate of drug-likeness (QED) is 0.903. The van der Waals surface area contributed by atoms with Gasteiger partial charge >= 0.3 is 0 Å². The second-order valence-electron chi connectivity index (χ2n) is 5.47. The fraction of sp³-hybridized carbons (Fsp3) is 0.294. The second-order valence-corrected chi connectivity index (χ2v) is 5.88. The lowest BCUT2D eigenvalue weighted by atomic mass is 10.0. The molecule has 1 unspecified atom stereocenters. The zero-order valence-corrected chi connectivity index (χ0v) is 14.4. The Hall–Kier alpha value is -1.62. The molecular weight excluding hydrogens is 333 g/mol. The van der Waals surface area contributed by atoms with Crippen molar-refractivity contribution in [2.75, 3.05) is 19.6 Å². The molecule has 122 valence electrons. The maximum Gasteiger partial charge on any atom is 0.254 e. The van der Waals surface area contributed by atoms with Gasteiger partial charge in [0.25, 0.3) is 5.91 Å². The van der Waals surface area contributed by atoms with E-state index in [-0.39, 0.29) is 24.4 Å². The first-order valence-corrected chi connectivity index (χ1v) is 7.72. The lowest BCUT2D eigenvalue weighted by Gasteiger charge is -2.36. The number of carbonyl (C=O) groups excluding carboxylic acids is 1. The van der Waals surface area contributed by atoms with Crippen LogP contribution in [0.2, 0.25) is 5.02 Å². The fourth-order valence-corrected chi connectivity index (χ4v) is 2.89. The van der Waals surface area contributed by atoms with E-state index < -0.39 is 0 Å². The molecule has 1 aliphatic rings. The van der Waals surface area contributed by atoms with Gasteiger partial charge in [0.2, 0.25) is 0 Å². The molecule has 0 saturated carbocycles. The second kappa shape index (κ2) is 7.77. The maximum absolute atomic E-state index is 12.9. The summed E-state index contributed by atoms with van der Waals surface area (Å²) in [5.41, 5.74) is 2.65. The van der Waals surface area contributed by atoms with Crippen molar-refractivity contribution in [3.8, 4) is 0 Å². The highest BCUT2D eigenvalue weighted by Gasteiger charge is 2.28. The van der Waals surface area contributed by atoms with Crippen molar-refractivity contribution in [2.45, 2.75) is 13.0 Å². The first-order valence-electron chi connectivity index (χ1n) is 7.34. The average Bonchev–Trinajstić information content (AvgIpc) is 2.57. The number of nitrogens with zero attached hydrogens (tertiary/aromatic N) is 2. The third-order valence-electron chi connectivity index (χ3n) is 3.99. The van der Waals surface area contributed by atoms with Crippen LogP contribution in [0.1, 0.15) is 27.5 Å². The highest BCUT2D eigenvalue weighted by Crippen LogP contribution is 2.25. The van der Waals surface area contributed by atoms with E-state index in [1.54, 1.807) is 12.3 Å². The molecule has 0 aliphatic carbocycles. The van der Waals surface area contributed by atoms with E-state index in [1.807, 2.05) is 42.3 Å². The van der Waals surface area contributed by atoms with E-state index in [4.69, 9.17) is 11.6 Å². The van der Waals surface area contributed by atoms with Gasteiger partial charge in [0.15, 0.2) is 0 Å². The van der Waals surface area contributed by atoms with Gasteiger partial charge in [-0.3, -0.25) is 9.78 Å². The van der Waals surface area contributed by atoms with Crippen LogP contribution in [-0.4, -0.2) is 35.4 Å². The van der Waals surface area contributed by atoms with Gasteiger partial charge in [0.1, 0.15) is 0 Å². The van der Waals surface area contributed by atoms with Gasteiger partial charge in [-0.15, -0.1) is 12.4 Å². The highest BCUT2D eigenvalue weighted by atomic mass is 35.5. The Morgan fingerprint density at radius 3 is 2.91 bits per heavy atom. The van der Waals surface area contributed by atoms with Crippen LogP contribution < -0.4 is 5.32 Å². The van der Waals surface area contributed by atoms with Crippen molar-refractivity contribution >= 4 is 29.9 Å². The topological polar surface area (TPSA) is 45.2 Å². The van der Waals surface area contributed by atoms with Gasteiger partial charge in [-0.2, -0.15) is 0 Å². The summed E-state index contributed by atoms with van der Waals surface area (Å²) in [5, 5.41) is 3.97. The van der Waals surface area contributed by atoms with Crippen LogP contribution in [0.5, 0.6) is 0 Å². The lowest BCUT2D eigenvalue weighted by Crippen LogP contribution is -2.48. The Balaban J connectivity index is 0.00000192. The molecule has 2 aromatic rings. The summed E-state index contributed by atoms with van der Waals surface area (Å²) in [6.45, 7) is 4.13. The molecule has 1 atom stereocenters. The van der Waals surface area contributed by atoms with Gasteiger partial charge in [-0.25, -0.2) is 0 Å². The molecule has 1 aliphatic heterocycles. The predicted octanol–water partition coefficient (Wildman–Crippen LogP) is 3.25. The summed E-state index contributed by atoms with van der Waals surface area (Å²) in [6.07, 6.45) is 3.56. The van der Waals surface area contributed by atoms with Crippen molar-refractivity contribution < 1.29 is 4.79 Å². The van der Waals surface area contributed by atoms with E-state index in [0.717, 1.165) is 24.2 Å². The minimum Gasteiger partial charge on any atom is -0.329 e. The summed E-state index contributed by atoms with van der Waals surface area (Å²) in [7, 11) is 0. The van der Waals surface area contributed by atoms with Gasteiger partial charge in [-0.1, -0.05) is 23.7 Å². The number of carbonyl (C=O) groups is 1. The number of amides is 1. The number of aryl methyl sites for hydroxylation is 1. The molecular formula is C17H19Cl2N3O. The van der Waals surface area contributed by atoms with Crippen LogP contribution in [-0.2, 0) is 0 Å². The molecule has 1 aromatic heterocycles. The smallest absolute Gasteiger partial charge is 0.254 e. The number of aromatic nitrogens is 1. The Morgan fingerprint density at radius 2 is 2.22 bits per heavy atom. The molecule has 23 heavy (non-hydrogen) atoms. The van der Waals surface area contributed by atoms with Crippen molar-refractivity contribution in [3.63, 3.8) is 0 Å². The van der Waals surface area contributed by atoms with Crippen molar-refractivity contribution in [1.82, 2.24) is 15.2 Å². The summed E-state index contributed by atoms with van der Waals surface area (Å²) >= 11 is 6.16. The summed E-state index contributed by atoms with van der Waals surface area (Å²) in [6, 6.07) is 9.38. The minimum atomic E-state index is -0.00460. The van der Waals surface area contributed by atoms with E-state index in [9.17, 15) is 4.79 Å². The largest absolute Gasteiger partial charge is 0.329 e. The van der Waals surface area contributed by atoms with Crippen LogP contribution in [0.3, 0.4) is 0 Å². The average molecular weight is 352 g/mol. The molecule has 1 amide bonds. The van der Waals surface area contributed by atoms with E-state index in [2.05, 4.69) is 10.3 Å². The van der Waals surface area contributed by atoms with Crippen LogP contribution >= 0.6 is 24.0 Å². The normalized spacial score (nSPS) is 17.5. The zero-order valence-electron chi connectivity index (χ0n) is 12.8. The molecule has 0 radical (unpaired) electrons. The Morgan fingerprint density at radius 1 is 1.39 bits per heavy atom. The number of hydrogen-bond donors (Lipinski definition) is 1. The monoisotopic (exact) mass is 351 g/mol. The Labute approximate surface area is 147 Å². The number of rotatable bonds is 2. The number of pyridine rings is 1. The van der Waals surface area contributed by atoms with Crippen LogP contribution in [0.25, 0.3) is 0 Å². The first kappa shape index (κ1) is 17.7. The number of halogens is 2. The standard InChI is InChI=1S/C17H18ClN3O.ClH/c1-12-4-5-13(9-15(12)18)17(22)21-8-7-20-11-16(21)14-3-2-6-19-10-14;/h2-6,9-10,16,20H,7-8,11H2,1H3;1H. The number of piperazine rings is 1. The summed E-state index contributed by atoms with van der Waals surface area (Å²) in [5.74, 6) is 0.0113. The molecule has 1 saturated heterocycles.